The molecule has 0 radical (unpaired) electrons. The summed E-state index contributed by atoms with van der Waals surface area (Å²) in [6.07, 6.45) is 2.32. The summed E-state index contributed by atoms with van der Waals surface area (Å²) >= 11 is 0. The Morgan fingerprint density at radius 1 is 1.38 bits per heavy atom. The monoisotopic (exact) mass is 310 g/mol. The van der Waals surface area contributed by atoms with Crippen LogP contribution in [0.1, 0.15) is 24.8 Å². The molecule has 1 amide bonds. The van der Waals surface area contributed by atoms with Crippen LogP contribution in [0.2, 0.25) is 0 Å². The number of hydrogen-bond donors (Lipinski definition) is 1. The minimum absolute atomic E-state index is 0.0920. The average Bonchev–Trinajstić information content (AvgIpc) is 3.06. The van der Waals surface area contributed by atoms with E-state index in [0.29, 0.717) is 25.3 Å². The van der Waals surface area contributed by atoms with E-state index in [9.17, 15) is 13.2 Å². The van der Waals surface area contributed by atoms with Gasteiger partial charge in [0.25, 0.3) is 0 Å². The van der Waals surface area contributed by atoms with Crippen molar-refractivity contribution in [2.45, 2.75) is 31.8 Å². The zero-order valence-electron chi connectivity index (χ0n) is 11.6. The lowest BCUT2D eigenvalue weighted by Crippen LogP contribution is -2.43. The van der Waals surface area contributed by atoms with E-state index in [2.05, 4.69) is 4.72 Å². The van der Waals surface area contributed by atoms with E-state index in [0.717, 1.165) is 18.4 Å². The summed E-state index contributed by atoms with van der Waals surface area (Å²) in [5, 5.41) is 0. The number of hydrogen-bond acceptors (Lipinski definition) is 4. The molecule has 2 heterocycles. The quantitative estimate of drug-likeness (QED) is 0.899. The Morgan fingerprint density at radius 3 is 2.95 bits per heavy atom. The van der Waals surface area contributed by atoms with Gasteiger partial charge < -0.3 is 4.74 Å². The number of carbonyl (C=O) groups excluding carboxylic acids is 1. The lowest BCUT2D eigenvalue weighted by Gasteiger charge is -2.20. The molecule has 1 atom stereocenters. The molecule has 1 aromatic rings. The van der Waals surface area contributed by atoms with Gasteiger partial charge in [0, 0.05) is 13.2 Å². The average molecular weight is 310 g/mol. The number of nitrogens with one attached hydrogen (secondary N) is 1. The van der Waals surface area contributed by atoms with Crippen LogP contribution in [0.25, 0.3) is 0 Å². The highest BCUT2D eigenvalue weighted by Crippen LogP contribution is 2.29. The van der Waals surface area contributed by atoms with E-state index in [-0.39, 0.29) is 12.5 Å². The largest absolute Gasteiger partial charge is 0.378 e. The first-order valence-electron chi connectivity index (χ1n) is 7.09. The minimum atomic E-state index is -3.84. The molecule has 2 aliphatic heterocycles. The highest BCUT2D eigenvalue weighted by Gasteiger charge is 2.31. The van der Waals surface area contributed by atoms with Crippen LogP contribution < -0.4 is 9.03 Å². The molecule has 1 saturated heterocycles. The predicted octanol–water partition coefficient (Wildman–Crippen LogP) is 0.979. The number of anilines is 1. The molecule has 1 N–H and O–H groups in total. The van der Waals surface area contributed by atoms with Crippen LogP contribution in [0.3, 0.4) is 0 Å². The van der Waals surface area contributed by atoms with Gasteiger partial charge in [0.15, 0.2) is 0 Å². The van der Waals surface area contributed by atoms with E-state index in [1.165, 1.54) is 4.31 Å². The van der Waals surface area contributed by atoms with Gasteiger partial charge in [-0.05, 0) is 30.9 Å². The van der Waals surface area contributed by atoms with Gasteiger partial charge in [-0.25, -0.2) is 4.72 Å². The number of amides is 1. The van der Waals surface area contributed by atoms with Gasteiger partial charge in [-0.2, -0.15) is 8.42 Å². The molecule has 1 aromatic carbocycles. The molecule has 6 nitrogen and oxygen atoms in total. The van der Waals surface area contributed by atoms with Crippen molar-refractivity contribution >= 4 is 21.8 Å². The van der Waals surface area contributed by atoms with E-state index < -0.39 is 16.1 Å². The Bertz CT molecular complexity index is 638. The van der Waals surface area contributed by atoms with Crippen LogP contribution in [0.15, 0.2) is 24.3 Å². The predicted molar refractivity (Wildman–Crippen MR) is 78.1 cm³/mol. The van der Waals surface area contributed by atoms with Crippen molar-refractivity contribution < 1.29 is 17.9 Å². The van der Waals surface area contributed by atoms with Gasteiger partial charge in [0.1, 0.15) is 0 Å². The van der Waals surface area contributed by atoms with Gasteiger partial charge in [0.05, 0.1) is 18.2 Å². The summed E-state index contributed by atoms with van der Waals surface area (Å²) in [5.74, 6) is -0.508. The van der Waals surface area contributed by atoms with Crippen LogP contribution in [0.4, 0.5) is 5.69 Å². The highest BCUT2D eigenvalue weighted by atomic mass is 32.2. The Hall–Kier alpha value is -1.60. The molecule has 114 valence electrons. The third-order valence-corrected chi connectivity index (χ3v) is 5.26. The van der Waals surface area contributed by atoms with Crippen molar-refractivity contribution in [3.8, 4) is 0 Å². The first kappa shape index (κ1) is 14.3. The third-order valence-electron chi connectivity index (χ3n) is 3.81. The summed E-state index contributed by atoms with van der Waals surface area (Å²) < 4.78 is 33.4. The molecular formula is C14H18N2O4S. The van der Waals surface area contributed by atoms with Crippen molar-refractivity contribution in [3.05, 3.63) is 29.8 Å². The molecular weight excluding hydrogens is 292 g/mol. The van der Waals surface area contributed by atoms with Gasteiger partial charge in [0.2, 0.25) is 5.91 Å². The van der Waals surface area contributed by atoms with Crippen LogP contribution in [0, 0.1) is 0 Å². The smallest absolute Gasteiger partial charge is 0.326 e. The molecule has 1 fully saturated rings. The highest BCUT2D eigenvalue weighted by molar-refractivity contribution is 7.91. The van der Waals surface area contributed by atoms with E-state index in [1.807, 2.05) is 12.1 Å². The normalized spacial score (nSPS) is 21.3. The molecule has 7 heteroatoms. The SMILES string of the molecule is O=C(C[C@H]1CCCO1)NS(=O)(=O)N1CCc2ccccc21. The fraction of sp³-hybridized carbons (Fsp3) is 0.500. The molecule has 0 saturated carbocycles. The number of fused-ring (bicyclic) bond motifs is 1. The summed E-state index contributed by atoms with van der Waals surface area (Å²) in [7, 11) is -3.84. The van der Waals surface area contributed by atoms with Crippen molar-refractivity contribution in [3.63, 3.8) is 0 Å². The molecule has 3 rings (SSSR count). The van der Waals surface area contributed by atoms with E-state index in [1.54, 1.807) is 12.1 Å². The Labute approximate surface area is 124 Å². The summed E-state index contributed by atoms with van der Waals surface area (Å²) in [5.41, 5.74) is 1.63. The molecule has 0 bridgehead atoms. The maximum absolute atomic E-state index is 12.3. The van der Waals surface area contributed by atoms with Crippen molar-refractivity contribution in [1.82, 2.24) is 4.72 Å². The van der Waals surface area contributed by atoms with Crippen LogP contribution in [-0.4, -0.2) is 33.6 Å². The molecule has 0 spiro atoms. The van der Waals surface area contributed by atoms with E-state index in [4.69, 9.17) is 4.74 Å². The number of carbonyl (C=O) groups is 1. The van der Waals surface area contributed by atoms with Gasteiger partial charge in [-0.15, -0.1) is 0 Å². The fourth-order valence-electron chi connectivity index (χ4n) is 2.81. The molecule has 0 aliphatic carbocycles. The second-order valence-electron chi connectivity index (χ2n) is 5.32. The topological polar surface area (TPSA) is 75.7 Å². The first-order chi connectivity index (χ1) is 10.1. The Kier molecular flexibility index (Phi) is 3.86. The number of nitrogens with zero attached hydrogens (tertiary/aromatic N) is 1. The fourth-order valence-corrected chi connectivity index (χ4v) is 4.06. The minimum Gasteiger partial charge on any atom is -0.378 e. The van der Waals surface area contributed by atoms with Gasteiger partial charge in [-0.3, -0.25) is 9.10 Å². The standard InChI is InChI=1S/C14H18N2O4S/c17-14(10-12-5-3-9-20-12)15-21(18,19)16-8-7-11-4-1-2-6-13(11)16/h1-2,4,6,12H,3,5,7-10H2,(H,15,17)/t12-/m1/s1. The van der Waals surface area contributed by atoms with Crippen molar-refractivity contribution in [2.24, 2.45) is 0 Å². The number of ether oxygens (including phenoxy) is 1. The maximum Gasteiger partial charge on any atom is 0.326 e. The first-order valence-corrected chi connectivity index (χ1v) is 8.53. The summed E-state index contributed by atoms with van der Waals surface area (Å²) in [4.78, 5) is 11.9. The zero-order valence-corrected chi connectivity index (χ0v) is 12.4. The summed E-state index contributed by atoms with van der Waals surface area (Å²) in [6.45, 7) is 1.01. The number of rotatable bonds is 4. The Balaban J connectivity index is 1.68. The second-order valence-corrected chi connectivity index (χ2v) is 6.92. The van der Waals surface area contributed by atoms with Crippen LogP contribution in [0.5, 0.6) is 0 Å². The third kappa shape index (κ3) is 3.03. The zero-order chi connectivity index (χ0) is 14.9. The number of para-hydroxylation sites is 1. The Morgan fingerprint density at radius 2 is 2.19 bits per heavy atom. The summed E-state index contributed by atoms with van der Waals surface area (Å²) in [6, 6.07) is 7.33. The molecule has 0 aromatic heterocycles. The number of benzene rings is 1. The lowest BCUT2D eigenvalue weighted by molar-refractivity contribution is -0.121. The second kappa shape index (κ2) is 5.65. The molecule has 0 unspecified atom stereocenters. The van der Waals surface area contributed by atoms with Crippen LogP contribution >= 0.6 is 0 Å². The molecule has 2 aliphatic rings. The molecule has 21 heavy (non-hydrogen) atoms. The van der Waals surface area contributed by atoms with E-state index >= 15 is 0 Å². The van der Waals surface area contributed by atoms with Gasteiger partial charge in [-0.1, -0.05) is 18.2 Å². The maximum atomic E-state index is 12.3. The van der Waals surface area contributed by atoms with Crippen LogP contribution in [-0.2, 0) is 26.2 Å². The van der Waals surface area contributed by atoms with Gasteiger partial charge >= 0.3 is 10.2 Å². The van der Waals surface area contributed by atoms with Crippen molar-refractivity contribution in [2.75, 3.05) is 17.5 Å². The lowest BCUT2D eigenvalue weighted by atomic mass is 10.2. The van der Waals surface area contributed by atoms with Crippen molar-refractivity contribution in [1.29, 1.82) is 0 Å².